The first-order chi connectivity index (χ1) is 12.1. The maximum absolute atomic E-state index is 6.05. The van der Waals surface area contributed by atoms with E-state index in [1.54, 1.807) is 0 Å². The summed E-state index contributed by atoms with van der Waals surface area (Å²) in [5.41, 5.74) is 1.51. The molecule has 3 aliphatic rings. The van der Waals surface area contributed by atoms with Gasteiger partial charge in [0.15, 0.2) is 11.5 Å². The quantitative estimate of drug-likeness (QED) is 0.715. The van der Waals surface area contributed by atoms with E-state index in [-0.39, 0.29) is 5.41 Å². The molecule has 0 N–H and O–H groups in total. The summed E-state index contributed by atoms with van der Waals surface area (Å²) in [4.78, 5) is 2.54. The van der Waals surface area contributed by atoms with Crippen molar-refractivity contribution in [2.45, 2.75) is 51.0 Å². The minimum atomic E-state index is 0.127. The average molecular weight is 341 g/mol. The van der Waals surface area contributed by atoms with Crippen LogP contribution in [0, 0.1) is 11.8 Å². The molecular formula is C22H31NO2. The van der Waals surface area contributed by atoms with E-state index in [9.17, 15) is 0 Å². The van der Waals surface area contributed by atoms with Crippen LogP contribution in [0.2, 0.25) is 0 Å². The second-order valence-corrected chi connectivity index (χ2v) is 8.21. The number of likely N-dealkylation sites (tertiary alicyclic amines) is 1. The number of hydrogen-bond donors (Lipinski definition) is 0. The molecule has 136 valence electrons. The lowest BCUT2D eigenvalue weighted by Crippen LogP contribution is -2.43. The van der Waals surface area contributed by atoms with Crippen LogP contribution in [-0.4, -0.2) is 37.7 Å². The molecular weight excluding hydrogens is 310 g/mol. The summed E-state index contributed by atoms with van der Waals surface area (Å²) in [6, 6.07) is 7.24. The summed E-state index contributed by atoms with van der Waals surface area (Å²) in [5, 5.41) is 0. The van der Waals surface area contributed by atoms with Crippen molar-refractivity contribution in [3.63, 3.8) is 0 Å². The van der Waals surface area contributed by atoms with Gasteiger partial charge in [-0.25, -0.2) is 0 Å². The third-order valence-electron chi connectivity index (χ3n) is 6.27. The molecule has 0 radical (unpaired) electrons. The van der Waals surface area contributed by atoms with Gasteiger partial charge in [-0.05, 0) is 75.7 Å². The predicted octanol–water partition coefficient (Wildman–Crippen LogP) is 4.41. The van der Waals surface area contributed by atoms with Gasteiger partial charge < -0.3 is 14.4 Å². The van der Waals surface area contributed by atoms with Crippen molar-refractivity contribution < 1.29 is 9.47 Å². The zero-order chi connectivity index (χ0) is 17.4. The fraction of sp³-hybridized carbons (Fsp3) is 0.636. The first kappa shape index (κ1) is 17.0. The minimum absolute atomic E-state index is 0.127. The Morgan fingerprint density at radius 3 is 2.80 bits per heavy atom. The van der Waals surface area contributed by atoms with Crippen molar-refractivity contribution in [2.75, 3.05) is 26.8 Å². The van der Waals surface area contributed by atoms with Crippen molar-refractivity contribution in [3.8, 4) is 11.5 Å². The number of benzene rings is 1. The Kier molecular flexibility index (Phi) is 4.53. The third-order valence-corrected chi connectivity index (χ3v) is 6.27. The molecule has 1 saturated heterocycles. The highest BCUT2D eigenvalue weighted by atomic mass is 16.5. The molecule has 1 aliphatic heterocycles. The Hall–Kier alpha value is -1.48. The second-order valence-electron chi connectivity index (χ2n) is 8.21. The van der Waals surface area contributed by atoms with Crippen molar-refractivity contribution in [1.82, 2.24) is 4.90 Å². The molecule has 3 atom stereocenters. The molecule has 1 aromatic carbocycles. The molecule has 1 saturated carbocycles. The summed E-state index contributed by atoms with van der Waals surface area (Å²) in [5.74, 6) is 3.23. The maximum atomic E-state index is 6.05. The highest BCUT2D eigenvalue weighted by molar-refractivity contribution is 5.48. The van der Waals surface area contributed by atoms with Crippen molar-refractivity contribution in [1.29, 1.82) is 0 Å². The SMILES string of the molecule is CCOc1cc([C@@]23C=C[C@H](C)C[C@@H]2N(C)CC3)ccc1OCC1CC1. The largest absolute Gasteiger partial charge is 0.490 e. The van der Waals surface area contributed by atoms with Crippen LogP contribution < -0.4 is 9.47 Å². The molecule has 0 aromatic heterocycles. The Morgan fingerprint density at radius 1 is 1.20 bits per heavy atom. The first-order valence-corrected chi connectivity index (χ1v) is 9.92. The average Bonchev–Trinajstić information content (AvgIpc) is 3.38. The molecule has 2 aliphatic carbocycles. The minimum Gasteiger partial charge on any atom is -0.490 e. The van der Waals surface area contributed by atoms with Crippen LogP contribution in [0.5, 0.6) is 11.5 Å². The number of allylic oxidation sites excluding steroid dienone is 1. The molecule has 4 rings (SSSR count). The number of hydrogen-bond acceptors (Lipinski definition) is 3. The van der Waals surface area contributed by atoms with Gasteiger partial charge in [0.2, 0.25) is 0 Å². The molecule has 0 unspecified atom stereocenters. The fourth-order valence-corrected chi connectivity index (χ4v) is 4.54. The lowest BCUT2D eigenvalue weighted by Gasteiger charge is -2.40. The first-order valence-electron chi connectivity index (χ1n) is 9.92. The zero-order valence-electron chi connectivity index (χ0n) is 15.8. The van der Waals surface area contributed by atoms with Crippen LogP contribution >= 0.6 is 0 Å². The van der Waals surface area contributed by atoms with Gasteiger partial charge in [0.25, 0.3) is 0 Å². The Balaban J connectivity index is 1.66. The number of nitrogens with zero attached hydrogens (tertiary/aromatic N) is 1. The number of ether oxygens (including phenoxy) is 2. The van der Waals surface area contributed by atoms with E-state index in [4.69, 9.17) is 9.47 Å². The van der Waals surface area contributed by atoms with Gasteiger partial charge in [-0.1, -0.05) is 25.1 Å². The summed E-state index contributed by atoms with van der Waals surface area (Å²) < 4.78 is 12.0. The van der Waals surface area contributed by atoms with E-state index in [0.29, 0.717) is 18.6 Å². The molecule has 0 amide bonds. The summed E-state index contributed by atoms with van der Waals surface area (Å²) in [6.07, 6.45) is 9.92. The fourth-order valence-electron chi connectivity index (χ4n) is 4.54. The normalized spacial score (nSPS) is 31.8. The highest BCUT2D eigenvalue weighted by Gasteiger charge is 2.47. The third kappa shape index (κ3) is 3.19. The van der Waals surface area contributed by atoms with Crippen LogP contribution in [0.3, 0.4) is 0 Å². The number of rotatable bonds is 6. The van der Waals surface area contributed by atoms with Crippen molar-refractivity contribution in [3.05, 3.63) is 35.9 Å². The van der Waals surface area contributed by atoms with Crippen molar-refractivity contribution >= 4 is 0 Å². The van der Waals surface area contributed by atoms with E-state index in [2.05, 4.69) is 49.2 Å². The van der Waals surface area contributed by atoms with Crippen LogP contribution in [0.1, 0.15) is 45.1 Å². The van der Waals surface area contributed by atoms with Gasteiger partial charge in [-0.15, -0.1) is 0 Å². The Morgan fingerprint density at radius 2 is 2.04 bits per heavy atom. The monoisotopic (exact) mass is 341 g/mol. The Labute approximate surface area is 152 Å². The molecule has 1 heterocycles. The van der Waals surface area contributed by atoms with Gasteiger partial charge in [0.05, 0.1) is 13.2 Å². The zero-order valence-corrected chi connectivity index (χ0v) is 15.8. The molecule has 3 heteroatoms. The van der Waals surface area contributed by atoms with Crippen LogP contribution in [0.4, 0.5) is 0 Å². The standard InChI is InChI=1S/C22H31NO2/c1-4-24-20-14-18(7-8-19(20)25-15-17-5-6-17)22-10-9-16(2)13-21(22)23(3)12-11-22/h7-10,14,16-17,21H,4-6,11-13,15H2,1-3H3/t16-,21-,22-/m0/s1. The summed E-state index contributed by atoms with van der Waals surface area (Å²) in [6.45, 7) is 7.03. The van der Waals surface area contributed by atoms with Crippen molar-refractivity contribution in [2.24, 2.45) is 11.8 Å². The molecule has 0 spiro atoms. The number of likely N-dealkylation sites (N-methyl/N-ethyl adjacent to an activating group) is 1. The van der Waals surface area contributed by atoms with Crippen LogP contribution in [0.15, 0.2) is 30.4 Å². The maximum Gasteiger partial charge on any atom is 0.161 e. The second kappa shape index (κ2) is 6.68. The molecule has 25 heavy (non-hydrogen) atoms. The van der Waals surface area contributed by atoms with E-state index in [1.165, 1.54) is 31.2 Å². The topological polar surface area (TPSA) is 21.7 Å². The van der Waals surface area contributed by atoms with E-state index < -0.39 is 0 Å². The molecule has 3 nitrogen and oxygen atoms in total. The van der Waals surface area contributed by atoms with Gasteiger partial charge in [0.1, 0.15) is 0 Å². The smallest absolute Gasteiger partial charge is 0.161 e. The predicted molar refractivity (Wildman–Crippen MR) is 101 cm³/mol. The van der Waals surface area contributed by atoms with E-state index >= 15 is 0 Å². The van der Waals surface area contributed by atoms with Gasteiger partial charge >= 0.3 is 0 Å². The Bertz CT molecular complexity index is 651. The summed E-state index contributed by atoms with van der Waals surface area (Å²) in [7, 11) is 2.27. The van der Waals surface area contributed by atoms with Gasteiger partial charge in [0, 0.05) is 11.5 Å². The molecule has 2 fully saturated rings. The molecule has 0 bridgehead atoms. The lowest BCUT2D eigenvalue weighted by atomic mass is 9.68. The molecule has 1 aromatic rings. The van der Waals surface area contributed by atoms with Gasteiger partial charge in [-0.3, -0.25) is 0 Å². The van der Waals surface area contributed by atoms with E-state index in [0.717, 1.165) is 30.6 Å². The summed E-state index contributed by atoms with van der Waals surface area (Å²) >= 11 is 0. The highest BCUT2D eigenvalue weighted by Crippen LogP contribution is 2.48. The lowest BCUT2D eigenvalue weighted by molar-refractivity contribution is 0.228. The van der Waals surface area contributed by atoms with Crippen LogP contribution in [-0.2, 0) is 5.41 Å². The number of fused-ring (bicyclic) bond motifs is 1. The van der Waals surface area contributed by atoms with Gasteiger partial charge in [-0.2, -0.15) is 0 Å². The van der Waals surface area contributed by atoms with E-state index in [1.807, 2.05) is 6.92 Å². The van der Waals surface area contributed by atoms with Crippen LogP contribution in [0.25, 0.3) is 0 Å².